The van der Waals surface area contributed by atoms with Gasteiger partial charge >= 0.3 is 0 Å². The molecule has 1 amide bonds. The second-order valence-electron chi connectivity index (χ2n) is 9.97. The number of aryl methyl sites for hydroxylation is 1. The van der Waals surface area contributed by atoms with Crippen molar-refractivity contribution in [3.8, 4) is 0 Å². The average molecular weight is 450 g/mol. The Bertz CT molecular complexity index is 816. The lowest BCUT2D eigenvalue weighted by atomic mass is 9.80. The van der Waals surface area contributed by atoms with Gasteiger partial charge < -0.3 is 9.64 Å². The third-order valence-electron chi connectivity index (χ3n) is 6.90. The van der Waals surface area contributed by atoms with Gasteiger partial charge in [0.1, 0.15) is 0 Å². The maximum Gasteiger partial charge on any atom is 0.254 e. The highest BCUT2D eigenvalue weighted by atomic mass is 32.2. The monoisotopic (exact) mass is 449 g/mol. The van der Waals surface area contributed by atoms with Gasteiger partial charge in [-0.15, -0.1) is 0 Å². The zero-order valence-electron chi connectivity index (χ0n) is 19.5. The van der Waals surface area contributed by atoms with E-state index in [1.54, 1.807) is 13.8 Å². The number of carbonyl (C=O) groups excluding carboxylic acids is 1. The molecule has 0 unspecified atom stereocenters. The molecule has 2 aliphatic rings. The van der Waals surface area contributed by atoms with Gasteiger partial charge in [-0.05, 0) is 82.9 Å². The van der Waals surface area contributed by atoms with E-state index in [0.29, 0.717) is 30.7 Å². The Morgan fingerprint density at radius 2 is 1.55 bits per heavy atom. The predicted octanol–water partition coefficient (Wildman–Crippen LogP) is 4.50. The first-order valence-electron chi connectivity index (χ1n) is 11.9. The van der Waals surface area contributed by atoms with Gasteiger partial charge in [0.05, 0.1) is 23.2 Å². The first kappa shape index (κ1) is 24.2. The molecule has 174 valence electrons. The molecule has 1 aromatic rings. The van der Waals surface area contributed by atoms with Gasteiger partial charge in [-0.3, -0.25) is 4.79 Å². The molecular weight excluding hydrogens is 410 g/mol. The molecule has 1 aliphatic heterocycles. The van der Waals surface area contributed by atoms with Crippen molar-refractivity contribution in [2.45, 2.75) is 83.7 Å². The Hall–Kier alpha value is -1.40. The van der Waals surface area contributed by atoms with Crippen molar-refractivity contribution >= 4 is 15.7 Å². The Kier molecular flexibility index (Phi) is 8.19. The quantitative estimate of drug-likeness (QED) is 0.615. The highest BCUT2D eigenvalue weighted by molar-refractivity contribution is 7.91. The van der Waals surface area contributed by atoms with Crippen molar-refractivity contribution in [3.63, 3.8) is 0 Å². The van der Waals surface area contributed by atoms with Gasteiger partial charge in [0.25, 0.3) is 5.91 Å². The molecule has 0 aromatic heterocycles. The van der Waals surface area contributed by atoms with Crippen LogP contribution in [0.1, 0.15) is 75.7 Å². The smallest absolute Gasteiger partial charge is 0.254 e. The molecule has 0 spiro atoms. The predicted molar refractivity (Wildman–Crippen MR) is 125 cm³/mol. The van der Waals surface area contributed by atoms with E-state index in [-0.39, 0.29) is 23.4 Å². The van der Waals surface area contributed by atoms with Gasteiger partial charge in [-0.2, -0.15) is 0 Å². The fourth-order valence-electron chi connectivity index (χ4n) is 4.92. The number of benzene rings is 1. The Morgan fingerprint density at radius 1 is 1.00 bits per heavy atom. The minimum Gasteiger partial charge on any atom is -0.372 e. The van der Waals surface area contributed by atoms with Crippen molar-refractivity contribution in [2.24, 2.45) is 11.8 Å². The summed E-state index contributed by atoms with van der Waals surface area (Å²) in [7, 11) is -2.93. The van der Waals surface area contributed by atoms with Crippen molar-refractivity contribution in [1.29, 1.82) is 0 Å². The molecular formula is C25H39NO4S. The second kappa shape index (κ2) is 10.5. The summed E-state index contributed by atoms with van der Waals surface area (Å²) in [4.78, 5) is 14.7. The van der Waals surface area contributed by atoms with Gasteiger partial charge in [0.2, 0.25) is 0 Å². The summed E-state index contributed by atoms with van der Waals surface area (Å²) in [5.41, 5.74) is 2.02. The summed E-state index contributed by atoms with van der Waals surface area (Å²) >= 11 is 0. The number of ether oxygens (including phenoxy) is 1. The summed E-state index contributed by atoms with van der Waals surface area (Å²) in [6, 6.07) is 8.08. The summed E-state index contributed by atoms with van der Waals surface area (Å²) in [6.45, 7) is 8.87. The van der Waals surface area contributed by atoms with E-state index in [2.05, 4.69) is 12.1 Å². The van der Waals surface area contributed by atoms with Crippen LogP contribution in [0.4, 0.5) is 0 Å². The molecule has 1 heterocycles. The summed E-state index contributed by atoms with van der Waals surface area (Å²) in [5, 5.41) is -0.268. The molecule has 6 heteroatoms. The molecule has 0 radical (unpaired) electrons. The number of morpholine rings is 1. The molecule has 5 nitrogen and oxygen atoms in total. The lowest BCUT2D eigenvalue weighted by molar-refractivity contribution is -0.0586. The van der Waals surface area contributed by atoms with Crippen molar-refractivity contribution in [2.75, 3.05) is 18.8 Å². The van der Waals surface area contributed by atoms with Crippen LogP contribution in [-0.2, 0) is 21.0 Å². The van der Waals surface area contributed by atoms with Gasteiger partial charge in [-0.25, -0.2) is 8.42 Å². The maximum atomic E-state index is 12.8. The molecule has 0 N–H and O–H groups in total. The minimum atomic E-state index is -2.93. The number of hydrogen-bond acceptors (Lipinski definition) is 4. The van der Waals surface area contributed by atoms with Crippen LogP contribution in [0.5, 0.6) is 0 Å². The molecule has 1 saturated heterocycles. The van der Waals surface area contributed by atoms with Gasteiger partial charge in [0.15, 0.2) is 9.84 Å². The topological polar surface area (TPSA) is 63.7 Å². The van der Waals surface area contributed by atoms with Crippen LogP contribution in [0, 0.1) is 11.8 Å². The van der Waals surface area contributed by atoms with Crippen LogP contribution in [0.2, 0.25) is 0 Å². The number of sulfone groups is 1. The zero-order valence-corrected chi connectivity index (χ0v) is 20.4. The van der Waals surface area contributed by atoms with Crippen LogP contribution in [-0.4, -0.2) is 55.5 Å². The van der Waals surface area contributed by atoms with E-state index in [0.717, 1.165) is 44.1 Å². The van der Waals surface area contributed by atoms with Crippen LogP contribution in [0.3, 0.4) is 0 Å². The molecule has 2 fully saturated rings. The molecule has 31 heavy (non-hydrogen) atoms. The Balaban J connectivity index is 1.44. The van der Waals surface area contributed by atoms with E-state index >= 15 is 0 Å². The molecule has 2 atom stereocenters. The molecule has 0 bridgehead atoms. The van der Waals surface area contributed by atoms with Gasteiger partial charge in [0, 0.05) is 18.7 Å². The largest absolute Gasteiger partial charge is 0.372 e. The minimum absolute atomic E-state index is 0.0764. The Labute approximate surface area is 188 Å². The van der Waals surface area contributed by atoms with Crippen LogP contribution >= 0.6 is 0 Å². The first-order valence-corrected chi connectivity index (χ1v) is 13.6. The molecule has 1 aromatic carbocycles. The van der Waals surface area contributed by atoms with Crippen LogP contribution in [0.15, 0.2) is 24.3 Å². The fourth-order valence-corrected chi connectivity index (χ4v) is 6.29. The van der Waals surface area contributed by atoms with E-state index in [4.69, 9.17) is 4.74 Å². The first-order chi connectivity index (χ1) is 14.6. The summed E-state index contributed by atoms with van der Waals surface area (Å²) in [6.07, 6.45) is 6.61. The highest BCUT2D eigenvalue weighted by Gasteiger charge is 2.28. The molecule has 1 saturated carbocycles. The number of carbonyl (C=O) groups is 1. The van der Waals surface area contributed by atoms with E-state index in [1.165, 1.54) is 5.56 Å². The Morgan fingerprint density at radius 3 is 2.10 bits per heavy atom. The van der Waals surface area contributed by atoms with Crippen molar-refractivity contribution in [1.82, 2.24) is 4.90 Å². The average Bonchev–Trinajstić information content (AvgIpc) is 2.72. The third kappa shape index (κ3) is 6.79. The lowest BCUT2D eigenvalue weighted by Crippen LogP contribution is -2.48. The van der Waals surface area contributed by atoms with E-state index in [1.807, 2.05) is 30.9 Å². The second-order valence-corrected chi connectivity index (χ2v) is 12.6. The van der Waals surface area contributed by atoms with Crippen LogP contribution in [0.25, 0.3) is 0 Å². The number of nitrogens with zero attached hydrogens (tertiary/aromatic N) is 1. The number of amides is 1. The molecule has 3 rings (SSSR count). The third-order valence-corrected chi connectivity index (χ3v) is 9.27. The van der Waals surface area contributed by atoms with Crippen LogP contribution < -0.4 is 0 Å². The van der Waals surface area contributed by atoms with Crippen molar-refractivity contribution in [3.05, 3.63) is 35.4 Å². The van der Waals surface area contributed by atoms with Crippen molar-refractivity contribution < 1.29 is 17.9 Å². The lowest BCUT2D eigenvalue weighted by Gasteiger charge is -2.35. The highest BCUT2D eigenvalue weighted by Crippen LogP contribution is 2.33. The fraction of sp³-hybridized carbons (Fsp3) is 0.720. The standard InChI is InChI=1S/C25H39NO4S/c1-18(2)31(28,29)17-23-9-7-21(8-10-23)5-6-22-11-13-24(14-12-22)25(27)26-15-19(3)30-20(4)16-26/h11-14,18-21,23H,5-10,15-17H2,1-4H3/t19-,20+,21?,23?. The number of rotatable bonds is 7. The summed E-state index contributed by atoms with van der Waals surface area (Å²) in [5.74, 6) is 1.45. The van der Waals surface area contributed by atoms with Gasteiger partial charge in [-0.1, -0.05) is 25.0 Å². The maximum absolute atomic E-state index is 12.8. The molecule has 1 aliphatic carbocycles. The summed E-state index contributed by atoms with van der Waals surface area (Å²) < 4.78 is 30.1. The zero-order chi connectivity index (χ0) is 22.6. The number of hydrogen-bond donors (Lipinski definition) is 0. The van der Waals surface area contributed by atoms with E-state index in [9.17, 15) is 13.2 Å². The SMILES string of the molecule is CC(C)S(=O)(=O)CC1CCC(CCc2ccc(C(=O)N3C[C@@H](C)O[C@@H](C)C3)cc2)CC1. The normalized spacial score (nSPS) is 27.5. The van der Waals surface area contributed by atoms with E-state index < -0.39 is 9.84 Å².